The topological polar surface area (TPSA) is 59.1 Å². The number of nitrogens with two attached hydrogens (primary N) is 1. The van der Waals surface area contributed by atoms with Crippen molar-refractivity contribution in [1.82, 2.24) is 0 Å². The molecular formula is C11H10N2O. The first kappa shape index (κ1) is 8.56. The van der Waals surface area contributed by atoms with Crippen LogP contribution < -0.4 is 10.5 Å². The van der Waals surface area contributed by atoms with Crippen molar-refractivity contribution >= 4 is 16.8 Å². The molecule has 0 aliphatic carbocycles. The molecule has 0 unspecified atom stereocenters. The standard InChI is InChI=1S/C11H10N2O/c12-11(13)14-10-6-5-8-3-1-2-4-9(8)7-10/h1-7H,(H3,12,13). The summed E-state index contributed by atoms with van der Waals surface area (Å²) in [7, 11) is 0. The fourth-order valence-electron chi connectivity index (χ4n) is 1.36. The van der Waals surface area contributed by atoms with Gasteiger partial charge in [-0.1, -0.05) is 30.3 Å². The van der Waals surface area contributed by atoms with Crippen molar-refractivity contribution in [1.29, 1.82) is 5.41 Å². The Kier molecular flexibility index (Phi) is 2.07. The Bertz CT molecular complexity index is 479. The molecule has 0 saturated heterocycles. The number of rotatable bonds is 1. The molecular weight excluding hydrogens is 176 g/mol. The molecule has 3 N–H and O–H groups in total. The zero-order valence-corrected chi connectivity index (χ0v) is 7.53. The Labute approximate surface area is 81.6 Å². The van der Waals surface area contributed by atoms with Crippen LogP contribution in [0.5, 0.6) is 5.75 Å². The zero-order valence-electron chi connectivity index (χ0n) is 7.53. The zero-order chi connectivity index (χ0) is 9.97. The normalized spacial score (nSPS) is 10.0. The quantitative estimate of drug-likeness (QED) is 0.529. The van der Waals surface area contributed by atoms with Crippen molar-refractivity contribution in [3.8, 4) is 5.75 Å². The lowest BCUT2D eigenvalue weighted by atomic mass is 10.1. The van der Waals surface area contributed by atoms with Crippen LogP contribution in [0.25, 0.3) is 10.8 Å². The monoisotopic (exact) mass is 186 g/mol. The van der Waals surface area contributed by atoms with Crippen molar-refractivity contribution in [2.24, 2.45) is 5.73 Å². The third-order valence-corrected chi connectivity index (χ3v) is 1.95. The van der Waals surface area contributed by atoms with E-state index in [1.165, 1.54) is 0 Å². The molecule has 2 aromatic carbocycles. The molecule has 0 aliphatic rings. The van der Waals surface area contributed by atoms with Gasteiger partial charge < -0.3 is 10.5 Å². The van der Waals surface area contributed by atoms with Crippen molar-refractivity contribution in [3.63, 3.8) is 0 Å². The predicted molar refractivity (Wildman–Crippen MR) is 56.5 cm³/mol. The molecule has 0 heterocycles. The van der Waals surface area contributed by atoms with Crippen LogP contribution in [0.3, 0.4) is 0 Å². The first-order chi connectivity index (χ1) is 6.75. The van der Waals surface area contributed by atoms with E-state index >= 15 is 0 Å². The number of hydrogen-bond acceptors (Lipinski definition) is 2. The number of fused-ring (bicyclic) bond motifs is 1. The highest BCUT2D eigenvalue weighted by Gasteiger charge is 1.97. The van der Waals surface area contributed by atoms with E-state index in [2.05, 4.69) is 0 Å². The maximum absolute atomic E-state index is 7.00. The smallest absolute Gasteiger partial charge is 0.284 e. The summed E-state index contributed by atoms with van der Waals surface area (Å²) in [5, 5.41) is 9.21. The van der Waals surface area contributed by atoms with E-state index < -0.39 is 0 Å². The fourth-order valence-corrected chi connectivity index (χ4v) is 1.36. The highest BCUT2D eigenvalue weighted by Crippen LogP contribution is 2.20. The number of amidine groups is 1. The number of hydrogen-bond donors (Lipinski definition) is 2. The van der Waals surface area contributed by atoms with Gasteiger partial charge in [-0.15, -0.1) is 0 Å². The lowest BCUT2D eigenvalue weighted by Gasteiger charge is -2.03. The lowest BCUT2D eigenvalue weighted by Crippen LogP contribution is -2.17. The highest BCUT2D eigenvalue weighted by atomic mass is 16.5. The van der Waals surface area contributed by atoms with Gasteiger partial charge in [-0.3, -0.25) is 5.41 Å². The van der Waals surface area contributed by atoms with Gasteiger partial charge >= 0.3 is 0 Å². The van der Waals surface area contributed by atoms with Gasteiger partial charge in [0.2, 0.25) is 0 Å². The van der Waals surface area contributed by atoms with Gasteiger partial charge in [0.1, 0.15) is 5.75 Å². The van der Waals surface area contributed by atoms with Crippen LogP contribution >= 0.6 is 0 Å². The molecule has 0 amide bonds. The van der Waals surface area contributed by atoms with Gasteiger partial charge in [0.05, 0.1) is 0 Å². The minimum atomic E-state index is -0.291. The van der Waals surface area contributed by atoms with E-state index in [1.807, 2.05) is 36.4 Å². The molecule has 14 heavy (non-hydrogen) atoms. The average molecular weight is 186 g/mol. The van der Waals surface area contributed by atoms with Crippen LogP contribution in [0.15, 0.2) is 42.5 Å². The Hall–Kier alpha value is -2.03. The molecule has 70 valence electrons. The van der Waals surface area contributed by atoms with Gasteiger partial charge in [0.15, 0.2) is 0 Å². The van der Waals surface area contributed by atoms with Gasteiger partial charge in [0, 0.05) is 0 Å². The molecule has 2 aromatic rings. The SMILES string of the molecule is N=C(N)Oc1ccc2ccccc2c1. The largest absolute Gasteiger partial charge is 0.426 e. The predicted octanol–water partition coefficient (Wildman–Crippen LogP) is 2.11. The van der Waals surface area contributed by atoms with E-state index in [0.29, 0.717) is 5.75 Å². The summed E-state index contributed by atoms with van der Waals surface area (Å²) in [6.07, 6.45) is 0. The molecule has 0 saturated carbocycles. The van der Waals surface area contributed by atoms with Gasteiger partial charge in [0.25, 0.3) is 6.02 Å². The lowest BCUT2D eigenvalue weighted by molar-refractivity contribution is 0.538. The minimum Gasteiger partial charge on any atom is -0.426 e. The van der Waals surface area contributed by atoms with E-state index in [9.17, 15) is 0 Å². The molecule has 0 radical (unpaired) electrons. The number of nitrogens with one attached hydrogen (secondary N) is 1. The number of benzene rings is 2. The van der Waals surface area contributed by atoms with Gasteiger partial charge in [-0.05, 0) is 22.9 Å². The summed E-state index contributed by atoms with van der Waals surface area (Å²) >= 11 is 0. The molecule has 3 nitrogen and oxygen atoms in total. The van der Waals surface area contributed by atoms with Crippen LogP contribution in [0.4, 0.5) is 0 Å². The van der Waals surface area contributed by atoms with E-state index in [0.717, 1.165) is 10.8 Å². The third kappa shape index (κ3) is 1.66. The van der Waals surface area contributed by atoms with Gasteiger partial charge in [-0.25, -0.2) is 0 Å². The molecule has 3 heteroatoms. The summed E-state index contributed by atoms with van der Waals surface area (Å²) in [5.41, 5.74) is 5.13. The number of ether oxygens (including phenoxy) is 1. The molecule has 0 bridgehead atoms. The Morgan fingerprint density at radius 1 is 1.07 bits per heavy atom. The average Bonchev–Trinajstić information content (AvgIpc) is 2.17. The van der Waals surface area contributed by atoms with Gasteiger partial charge in [-0.2, -0.15) is 0 Å². The van der Waals surface area contributed by atoms with E-state index in [1.54, 1.807) is 6.07 Å². The molecule has 0 fully saturated rings. The molecule has 0 aliphatic heterocycles. The van der Waals surface area contributed by atoms with Crippen LogP contribution in [0.1, 0.15) is 0 Å². The molecule has 0 aromatic heterocycles. The van der Waals surface area contributed by atoms with E-state index in [4.69, 9.17) is 15.9 Å². The summed E-state index contributed by atoms with van der Waals surface area (Å²) in [6.45, 7) is 0. The second kappa shape index (κ2) is 3.38. The van der Waals surface area contributed by atoms with Crippen molar-refractivity contribution in [2.45, 2.75) is 0 Å². The Balaban J connectivity index is 2.46. The summed E-state index contributed by atoms with van der Waals surface area (Å²) in [6, 6.07) is 13.2. The Morgan fingerprint density at radius 2 is 1.79 bits per heavy atom. The Morgan fingerprint density at radius 3 is 2.50 bits per heavy atom. The molecule has 0 spiro atoms. The second-order valence-electron chi connectivity index (χ2n) is 2.98. The van der Waals surface area contributed by atoms with E-state index in [-0.39, 0.29) is 6.02 Å². The second-order valence-corrected chi connectivity index (χ2v) is 2.98. The minimum absolute atomic E-state index is 0.291. The van der Waals surface area contributed by atoms with Crippen molar-refractivity contribution < 1.29 is 4.74 Å². The molecule has 2 rings (SSSR count). The maximum atomic E-state index is 7.00. The highest BCUT2D eigenvalue weighted by molar-refractivity contribution is 5.84. The van der Waals surface area contributed by atoms with Crippen LogP contribution in [-0.4, -0.2) is 6.02 Å². The third-order valence-electron chi connectivity index (χ3n) is 1.95. The molecule has 0 atom stereocenters. The summed E-state index contributed by atoms with van der Waals surface area (Å²) in [5.74, 6) is 0.594. The van der Waals surface area contributed by atoms with Crippen LogP contribution in [0, 0.1) is 5.41 Å². The summed E-state index contributed by atoms with van der Waals surface area (Å²) < 4.78 is 4.98. The maximum Gasteiger partial charge on any atom is 0.284 e. The fraction of sp³-hybridized carbons (Fsp3) is 0. The first-order valence-electron chi connectivity index (χ1n) is 4.26. The summed E-state index contributed by atoms with van der Waals surface area (Å²) in [4.78, 5) is 0. The van der Waals surface area contributed by atoms with Crippen LogP contribution in [0.2, 0.25) is 0 Å². The van der Waals surface area contributed by atoms with Crippen LogP contribution in [-0.2, 0) is 0 Å². The van der Waals surface area contributed by atoms with Crippen molar-refractivity contribution in [3.05, 3.63) is 42.5 Å². The first-order valence-corrected chi connectivity index (χ1v) is 4.26. The van der Waals surface area contributed by atoms with Crippen molar-refractivity contribution in [2.75, 3.05) is 0 Å².